The van der Waals surface area contributed by atoms with E-state index in [4.69, 9.17) is 0 Å². The highest BCUT2D eigenvalue weighted by atomic mass is 19.4. The third kappa shape index (κ3) is 3.70. The van der Waals surface area contributed by atoms with Gasteiger partial charge >= 0.3 is 6.18 Å². The van der Waals surface area contributed by atoms with Crippen molar-refractivity contribution in [2.45, 2.75) is 38.1 Å². The summed E-state index contributed by atoms with van der Waals surface area (Å²) in [5, 5.41) is 3.39. The number of likely N-dealkylation sites (N-methyl/N-ethyl adjacent to an activating group) is 1. The Bertz CT molecular complexity index is 404. The lowest BCUT2D eigenvalue weighted by Gasteiger charge is -2.13. The van der Waals surface area contributed by atoms with Gasteiger partial charge in [-0.15, -0.1) is 0 Å². The van der Waals surface area contributed by atoms with E-state index in [0.717, 1.165) is 30.7 Å². The summed E-state index contributed by atoms with van der Waals surface area (Å²) in [5.41, 5.74) is 0.292. The minimum Gasteiger partial charge on any atom is -0.309 e. The van der Waals surface area contributed by atoms with Gasteiger partial charge in [0.2, 0.25) is 0 Å². The Morgan fingerprint density at radius 2 is 1.89 bits per heavy atom. The van der Waals surface area contributed by atoms with E-state index in [1.54, 1.807) is 0 Å². The fraction of sp³-hybridized carbons (Fsp3) is 0.571. The van der Waals surface area contributed by atoms with Crippen LogP contribution >= 0.6 is 0 Å². The van der Waals surface area contributed by atoms with E-state index in [0.29, 0.717) is 18.6 Å². The number of alkyl halides is 3. The molecule has 0 amide bonds. The summed E-state index contributed by atoms with van der Waals surface area (Å²) in [6.07, 6.45) is -3.17. The zero-order chi connectivity index (χ0) is 14.0. The van der Waals surface area contributed by atoms with E-state index < -0.39 is 11.7 Å². The number of hydrogen-bond acceptors (Lipinski definition) is 2. The van der Waals surface area contributed by atoms with Crippen molar-refractivity contribution < 1.29 is 13.2 Å². The maximum atomic E-state index is 12.4. The maximum Gasteiger partial charge on any atom is 0.416 e. The van der Waals surface area contributed by atoms with Crippen LogP contribution in [0.4, 0.5) is 13.2 Å². The average Bonchev–Trinajstić information content (AvgIpc) is 2.66. The molecule has 1 aromatic carbocycles. The molecule has 0 radical (unpaired) electrons. The second-order valence-electron chi connectivity index (χ2n) is 5.30. The Balaban J connectivity index is 1.87. The molecule has 2 nitrogen and oxygen atoms in total. The van der Waals surface area contributed by atoms with Gasteiger partial charge in [-0.3, -0.25) is 0 Å². The van der Waals surface area contributed by atoms with Crippen molar-refractivity contribution in [3.63, 3.8) is 0 Å². The van der Waals surface area contributed by atoms with Gasteiger partial charge < -0.3 is 10.2 Å². The third-order valence-electron chi connectivity index (χ3n) is 3.76. The van der Waals surface area contributed by atoms with Crippen LogP contribution in [0, 0.1) is 0 Å². The van der Waals surface area contributed by atoms with Crippen LogP contribution in [-0.2, 0) is 12.7 Å². The highest BCUT2D eigenvalue weighted by molar-refractivity contribution is 5.24. The van der Waals surface area contributed by atoms with Crippen molar-refractivity contribution in [3.05, 3.63) is 35.4 Å². The molecule has 106 valence electrons. The van der Waals surface area contributed by atoms with Crippen LogP contribution in [0.15, 0.2) is 24.3 Å². The van der Waals surface area contributed by atoms with Crippen LogP contribution in [0.5, 0.6) is 0 Å². The predicted octanol–water partition coefficient (Wildman–Crippen LogP) is 2.89. The first-order valence-corrected chi connectivity index (χ1v) is 6.46. The average molecular weight is 272 g/mol. The van der Waals surface area contributed by atoms with Gasteiger partial charge in [-0.2, -0.15) is 13.2 Å². The first-order valence-electron chi connectivity index (χ1n) is 6.46. The van der Waals surface area contributed by atoms with Gasteiger partial charge in [0.25, 0.3) is 0 Å². The van der Waals surface area contributed by atoms with E-state index in [1.165, 1.54) is 12.1 Å². The number of rotatable bonds is 3. The van der Waals surface area contributed by atoms with Crippen LogP contribution < -0.4 is 5.32 Å². The Hall–Kier alpha value is -1.07. The van der Waals surface area contributed by atoms with Crippen LogP contribution in [0.2, 0.25) is 0 Å². The molecule has 0 bridgehead atoms. The predicted molar refractivity (Wildman–Crippen MR) is 68.8 cm³/mol. The summed E-state index contributed by atoms with van der Waals surface area (Å²) >= 11 is 0. The second kappa shape index (κ2) is 5.51. The van der Waals surface area contributed by atoms with E-state index >= 15 is 0 Å². The van der Waals surface area contributed by atoms with Gasteiger partial charge in [-0.1, -0.05) is 12.1 Å². The van der Waals surface area contributed by atoms with E-state index in [1.807, 2.05) is 0 Å². The summed E-state index contributed by atoms with van der Waals surface area (Å²) < 4.78 is 37.2. The molecule has 0 aromatic heterocycles. The Morgan fingerprint density at radius 3 is 2.37 bits per heavy atom. The van der Waals surface area contributed by atoms with Crippen LogP contribution in [0.3, 0.4) is 0 Å². The van der Waals surface area contributed by atoms with Gasteiger partial charge in [0.1, 0.15) is 0 Å². The zero-order valence-electron chi connectivity index (χ0n) is 11.2. The second-order valence-corrected chi connectivity index (χ2v) is 5.30. The molecule has 19 heavy (non-hydrogen) atoms. The maximum absolute atomic E-state index is 12.4. The van der Waals surface area contributed by atoms with Crippen molar-refractivity contribution in [2.75, 3.05) is 13.6 Å². The first kappa shape index (κ1) is 14.3. The Morgan fingerprint density at radius 1 is 1.26 bits per heavy atom. The molecule has 1 aliphatic rings. The van der Waals surface area contributed by atoms with E-state index in [2.05, 4.69) is 24.2 Å². The van der Waals surface area contributed by atoms with Crippen molar-refractivity contribution in [2.24, 2.45) is 0 Å². The molecular formula is C14H19F3N2. The summed E-state index contributed by atoms with van der Waals surface area (Å²) in [5.74, 6) is 0. The minimum atomic E-state index is -4.25. The lowest BCUT2D eigenvalue weighted by Crippen LogP contribution is -2.31. The lowest BCUT2D eigenvalue weighted by molar-refractivity contribution is -0.137. The zero-order valence-corrected chi connectivity index (χ0v) is 11.2. The molecule has 0 spiro atoms. The monoisotopic (exact) mass is 272 g/mol. The number of likely N-dealkylation sites (tertiary alicyclic amines) is 1. The fourth-order valence-corrected chi connectivity index (χ4v) is 2.42. The number of halogens is 3. The standard InChI is InChI=1S/C14H19F3N2/c1-10-7-13(9-19(10)2)18-8-11-3-5-12(6-4-11)14(15,16)17/h3-6,10,13,18H,7-9H2,1-2H3. The summed E-state index contributed by atoms with van der Waals surface area (Å²) in [6, 6.07) is 6.34. The minimum absolute atomic E-state index is 0.419. The van der Waals surface area contributed by atoms with Crippen LogP contribution in [0.1, 0.15) is 24.5 Å². The quantitative estimate of drug-likeness (QED) is 0.910. The molecule has 2 atom stereocenters. The lowest BCUT2D eigenvalue weighted by atomic mass is 10.1. The molecule has 0 saturated carbocycles. The number of nitrogens with one attached hydrogen (secondary N) is 1. The van der Waals surface area contributed by atoms with E-state index in [9.17, 15) is 13.2 Å². The normalized spacial score (nSPS) is 24.9. The highest BCUT2D eigenvalue weighted by Crippen LogP contribution is 2.29. The highest BCUT2D eigenvalue weighted by Gasteiger charge is 2.30. The largest absolute Gasteiger partial charge is 0.416 e. The molecule has 1 heterocycles. The first-order chi connectivity index (χ1) is 8.86. The molecule has 5 heteroatoms. The number of hydrogen-bond donors (Lipinski definition) is 1. The van der Waals surface area contributed by atoms with Gasteiger partial charge in [0.05, 0.1) is 5.56 Å². The Kier molecular flexibility index (Phi) is 4.16. The van der Waals surface area contributed by atoms with Crippen molar-refractivity contribution >= 4 is 0 Å². The van der Waals surface area contributed by atoms with Crippen LogP contribution in [0.25, 0.3) is 0 Å². The fourth-order valence-electron chi connectivity index (χ4n) is 2.42. The van der Waals surface area contributed by atoms with Gasteiger partial charge in [-0.25, -0.2) is 0 Å². The van der Waals surface area contributed by atoms with Gasteiger partial charge in [-0.05, 0) is 38.1 Å². The summed E-state index contributed by atoms with van der Waals surface area (Å²) in [6.45, 7) is 3.78. The molecule has 1 aromatic rings. The van der Waals surface area contributed by atoms with Crippen molar-refractivity contribution in [3.8, 4) is 0 Å². The molecule has 1 aliphatic heterocycles. The van der Waals surface area contributed by atoms with Crippen molar-refractivity contribution in [1.82, 2.24) is 10.2 Å². The third-order valence-corrected chi connectivity index (χ3v) is 3.76. The van der Waals surface area contributed by atoms with Crippen molar-refractivity contribution in [1.29, 1.82) is 0 Å². The summed E-state index contributed by atoms with van der Waals surface area (Å²) in [4.78, 5) is 2.28. The summed E-state index contributed by atoms with van der Waals surface area (Å²) in [7, 11) is 2.09. The number of benzene rings is 1. The van der Waals surface area contributed by atoms with Gasteiger partial charge in [0.15, 0.2) is 0 Å². The molecular weight excluding hydrogens is 253 g/mol. The number of nitrogens with zero attached hydrogens (tertiary/aromatic N) is 1. The topological polar surface area (TPSA) is 15.3 Å². The molecule has 1 N–H and O–H groups in total. The molecule has 2 rings (SSSR count). The SMILES string of the molecule is CC1CC(NCc2ccc(C(F)(F)F)cc2)CN1C. The Labute approximate surface area is 111 Å². The molecule has 1 saturated heterocycles. The van der Waals surface area contributed by atoms with Gasteiger partial charge in [0, 0.05) is 25.2 Å². The van der Waals surface area contributed by atoms with E-state index in [-0.39, 0.29) is 0 Å². The molecule has 2 unspecified atom stereocenters. The smallest absolute Gasteiger partial charge is 0.309 e. The van der Waals surface area contributed by atoms with Crippen LogP contribution in [-0.4, -0.2) is 30.6 Å². The molecule has 1 fully saturated rings. The molecule has 0 aliphatic carbocycles.